The number of aromatic nitrogens is 3. The molecule has 0 aliphatic carbocycles. The van der Waals surface area contributed by atoms with E-state index >= 15 is 0 Å². The normalized spacial score (nSPS) is 12.3. The highest BCUT2D eigenvalue weighted by atomic mass is 15.0. The molecule has 0 saturated heterocycles. The van der Waals surface area contributed by atoms with E-state index in [0.717, 1.165) is 40.4 Å². The van der Waals surface area contributed by atoms with Crippen molar-refractivity contribution in [3.8, 4) is 11.1 Å². The Morgan fingerprint density at radius 2 is 1.16 bits per heavy atom. The summed E-state index contributed by atoms with van der Waals surface area (Å²) >= 11 is 0. The highest BCUT2D eigenvalue weighted by Gasteiger charge is 2.22. The van der Waals surface area contributed by atoms with E-state index in [-0.39, 0.29) is 0 Å². The number of hydrogen-bond donors (Lipinski definition) is 0. The van der Waals surface area contributed by atoms with E-state index in [1.54, 1.807) is 0 Å². The number of rotatable bonds is 4. The maximum Gasteiger partial charge on any atom is 0.165 e. The van der Waals surface area contributed by atoms with E-state index in [0.29, 0.717) is 0 Å². The van der Waals surface area contributed by atoms with E-state index in [1.165, 1.54) is 81.9 Å². The van der Waals surface area contributed by atoms with Gasteiger partial charge in [0.25, 0.3) is 0 Å². The molecule has 0 atom stereocenters. The van der Waals surface area contributed by atoms with Gasteiger partial charge in [0.15, 0.2) is 5.65 Å². The van der Waals surface area contributed by atoms with Gasteiger partial charge in [0.05, 0.1) is 22.1 Å². The second-order valence-electron chi connectivity index (χ2n) is 13.7. The van der Waals surface area contributed by atoms with Crippen molar-refractivity contribution in [3.05, 3.63) is 162 Å². The summed E-state index contributed by atoms with van der Waals surface area (Å²) in [5, 5.41) is 11.4. The summed E-state index contributed by atoms with van der Waals surface area (Å²) in [4.78, 5) is 10.4. The molecule has 0 fully saturated rings. The maximum atomic E-state index is 5.20. The third-order valence-corrected chi connectivity index (χ3v) is 10.9. The van der Waals surface area contributed by atoms with Crippen molar-refractivity contribution in [3.63, 3.8) is 0 Å². The molecule has 0 saturated carbocycles. The molecule has 8 aromatic carbocycles. The third-order valence-electron chi connectivity index (χ3n) is 10.9. The van der Waals surface area contributed by atoms with Crippen molar-refractivity contribution < 1.29 is 0 Å². The van der Waals surface area contributed by atoms with E-state index in [2.05, 4.69) is 145 Å². The molecule has 0 N–H and O–H groups in total. The highest BCUT2D eigenvalue weighted by molar-refractivity contribution is 6.30. The van der Waals surface area contributed by atoms with Crippen LogP contribution in [0.15, 0.2) is 146 Å². The second kappa shape index (κ2) is 10.3. The Hall–Kier alpha value is -6.32. The summed E-state index contributed by atoms with van der Waals surface area (Å²) in [7, 11) is 0. The number of hydrogen-bond acceptors (Lipinski definition) is 2. The van der Waals surface area contributed by atoms with Gasteiger partial charge in [-0.2, -0.15) is 0 Å². The molecule has 0 unspecified atom stereocenters. The molecule has 11 rings (SSSR count). The Bertz CT molecular complexity index is 3170. The van der Waals surface area contributed by atoms with Gasteiger partial charge in [-0.3, -0.25) is 4.40 Å². The lowest BCUT2D eigenvalue weighted by Gasteiger charge is -2.18. The predicted octanol–water partition coefficient (Wildman–Crippen LogP) is 12.0. The Balaban J connectivity index is 1.11. The van der Waals surface area contributed by atoms with E-state index in [4.69, 9.17) is 9.97 Å². The Morgan fingerprint density at radius 1 is 0.500 bits per heavy atom. The maximum absolute atomic E-state index is 5.20. The van der Waals surface area contributed by atoms with Crippen LogP contribution in [0.2, 0.25) is 0 Å². The van der Waals surface area contributed by atoms with Crippen molar-refractivity contribution in [2.75, 3.05) is 0 Å². The molecule has 0 bridgehead atoms. The first kappa shape index (κ1) is 27.6. The summed E-state index contributed by atoms with van der Waals surface area (Å²) in [6.45, 7) is 2.25. The minimum absolute atomic E-state index is 0.919. The van der Waals surface area contributed by atoms with Crippen LogP contribution in [0.5, 0.6) is 0 Å². The van der Waals surface area contributed by atoms with Crippen molar-refractivity contribution in [2.24, 2.45) is 0 Å². The number of aryl methyl sites for hydroxylation is 3. The molecular weight excluding hydrogens is 607 g/mol. The molecule has 234 valence electrons. The van der Waals surface area contributed by atoms with E-state index in [1.807, 2.05) is 12.1 Å². The van der Waals surface area contributed by atoms with Gasteiger partial charge in [0.2, 0.25) is 0 Å². The van der Waals surface area contributed by atoms with Crippen LogP contribution in [0, 0.1) is 6.92 Å². The van der Waals surface area contributed by atoms with Gasteiger partial charge in [0.1, 0.15) is 5.52 Å². The fourth-order valence-corrected chi connectivity index (χ4v) is 8.64. The number of para-hydroxylation sites is 2. The molecule has 3 nitrogen and oxygen atoms in total. The average molecular weight is 638 g/mol. The lowest BCUT2D eigenvalue weighted by atomic mass is 9.86. The molecule has 0 aliphatic heterocycles. The monoisotopic (exact) mass is 637 g/mol. The van der Waals surface area contributed by atoms with Crippen LogP contribution in [-0.2, 0) is 12.8 Å². The predicted molar refractivity (Wildman–Crippen MR) is 211 cm³/mol. The lowest BCUT2D eigenvalue weighted by molar-refractivity contribution is 0.966. The molecular formula is C47H31N3. The van der Waals surface area contributed by atoms with Gasteiger partial charge in [-0.1, -0.05) is 115 Å². The zero-order valence-electron chi connectivity index (χ0n) is 27.6. The fourth-order valence-electron chi connectivity index (χ4n) is 8.64. The molecule has 3 aromatic heterocycles. The van der Waals surface area contributed by atoms with Gasteiger partial charge >= 0.3 is 0 Å². The summed E-state index contributed by atoms with van der Waals surface area (Å²) in [6, 6.07) is 53.2. The van der Waals surface area contributed by atoms with Crippen molar-refractivity contribution in [2.45, 2.75) is 19.8 Å². The number of nitrogens with zero attached hydrogens (tertiary/aromatic N) is 3. The Morgan fingerprint density at radius 3 is 1.96 bits per heavy atom. The minimum Gasteiger partial charge on any atom is -0.291 e. The van der Waals surface area contributed by atoms with Crippen LogP contribution < -0.4 is 0 Å². The summed E-state index contributed by atoms with van der Waals surface area (Å²) in [6.07, 6.45) is 1.88. The highest BCUT2D eigenvalue weighted by Crippen LogP contribution is 2.43. The first-order chi connectivity index (χ1) is 24.7. The molecule has 0 spiro atoms. The zero-order chi connectivity index (χ0) is 32.9. The summed E-state index contributed by atoms with van der Waals surface area (Å²) in [5.41, 5.74) is 12.9. The van der Waals surface area contributed by atoms with Gasteiger partial charge in [-0.25, -0.2) is 9.97 Å². The topological polar surface area (TPSA) is 30.2 Å². The molecule has 3 heteroatoms. The minimum atomic E-state index is 0.919. The smallest absolute Gasteiger partial charge is 0.165 e. The quantitative estimate of drug-likeness (QED) is 0.192. The van der Waals surface area contributed by atoms with Gasteiger partial charge in [-0.15, -0.1) is 0 Å². The average Bonchev–Trinajstić information content (AvgIpc) is 3.67. The number of benzene rings is 8. The van der Waals surface area contributed by atoms with Crippen LogP contribution in [-0.4, -0.2) is 14.4 Å². The standard InChI is InChI=1S/C47H31N3/c1-28-18-21-30-10-2-5-13-34(30)42(28)43-32(24-23-31-11-3-6-14-35(31)43)22-19-29-20-25-41-37(26-29)44-36-15-7-4-12-33(36)27-38-45-47(50(41)46(38)44)49-40-17-9-8-16-39(40)48-45/h2-18,20-21,23-27H,19,22H2,1H3. The van der Waals surface area contributed by atoms with Crippen LogP contribution in [0.25, 0.3) is 92.8 Å². The SMILES string of the molecule is Cc1ccc2ccccc2c1-c1c(CCc2ccc3c(c2)c2c4ccccc4cc4c5nc6ccccc6nc5n3c42)ccc2ccccc12. The summed E-state index contributed by atoms with van der Waals surface area (Å²) in [5.74, 6) is 0. The Labute approximate surface area is 288 Å². The first-order valence-corrected chi connectivity index (χ1v) is 17.5. The van der Waals surface area contributed by atoms with Crippen LogP contribution in [0.1, 0.15) is 16.7 Å². The van der Waals surface area contributed by atoms with Crippen LogP contribution >= 0.6 is 0 Å². The second-order valence-corrected chi connectivity index (χ2v) is 13.7. The third kappa shape index (κ3) is 3.86. The summed E-state index contributed by atoms with van der Waals surface area (Å²) < 4.78 is 2.36. The van der Waals surface area contributed by atoms with E-state index in [9.17, 15) is 0 Å². The zero-order valence-corrected chi connectivity index (χ0v) is 27.6. The van der Waals surface area contributed by atoms with Gasteiger partial charge < -0.3 is 0 Å². The lowest BCUT2D eigenvalue weighted by Crippen LogP contribution is -1.98. The molecule has 11 aromatic rings. The van der Waals surface area contributed by atoms with Gasteiger partial charge in [-0.05, 0) is 110 Å². The van der Waals surface area contributed by atoms with Crippen molar-refractivity contribution in [1.82, 2.24) is 14.4 Å². The molecule has 0 radical (unpaired) electrons. The number of fused-ring (bicyclic) bond motifs is 11. The molecule has 50 heavy (non-hydrogen) atoms. The molecule has 0 aliphatic rings. The molecule has 3 heterocycles. The first-order valence-electron chi connectivity index (χ1n) is 17.5. The van der Waals surface area contributed by atoms with Crippen molar-refractivity contribution in [1.29, 1.82) is 0 Å². The Kier molecular flexibility index (Phi) is 5.71. The van der Waals surface area contributed by atoms with Crippen LogP contribution in [0.4, 0.5) is 0 Å². The van der Waals surface area contributed by atoms with E-state index < -0.39 is 0 Å². The molecule has 0 amide bonds. The largest absolute Gasteiger partial charge is 0.291 e. The van der Waals surface area contributed by atoms with Crippen LogP contribution in [0.3, 0.4) is 0 Å². The van der Waals surface area contributed by atoms with Gasteiger partial charge in [0, 0.05) is 16.2 Å². The van der Waals surface area contributed by atoms with Crippen molar-refractivity contribution >= 4 is 81.7 Å². The fraction of sp³-hybridized carbons (Fsp3) is 0.0638.